The molecule has 2 unspecified atom stereocenters. The van der Waals surface area contributed by atoms with Gasteiger partial charge in [0.25, 0.3) is 0 Å². The highest BCUT2D eigenvalue weighted by Gasteiger charge is 2.26. The monoisotopic (exact) mass is 208 g/mol. The number of carbonyl (C=O) groups is 1. The molecule has 5 nitrogen and oxygen atoms in total. The van der Waals surface area contributed by atoms with Gasteiger partial charge in [0.15, 0.2) is 0 Å². The van der Waals surface area contributed by atoms with Crippen LogP contribution < -0.4 is 5.09 Å². The van der Waals surface area contributed by atoms with E-state index in [4.69, 9.17) is 4.52 Å². The molecule has 0 heterocycles. The third kappa shape index (κ3) is 5.69. The summed E-state index contributed by atoms with van der Waals surface area (Å²) in [5, 5.41) is 2.48. The fourth-order valence-electron chi connectivity index (χ4n) is 0.599. The number of nitrogens with one attached hydrogen (secondary N) is 1. The lowest BCUT2D eigenvalue weighted by atomic mass is 10.4. The minimum Gasteiger partial charge on any atom is -0.468 e. The molecule has 0 spiro atoms. The summed E-state index contributed by atoms with van der Waals surface area (Å²) in [4.78, 5) is 10.9. The molecule has 0 aliphatic heterocycles. The predicted molar refractivity (Wildman–Crippen MR) is 48.5 cm³/mol. The molecule has 0 aromatic rings. The van der Waals surface area contributed by atoms with Crippen molar-refractivity contribution in [3.8, 4) is 0 Å². The van der Waals surface area contributed by atoms with Crippen LogP contribution in [0.3, 0.4) is 0 Å². The van der Waals surface area contributed by atoms with Gasteiger partial charge < -0.3 is 4.74 Å². The van der Waals surface area contributed by atoms with Crippen molar-refractivity contribution in [2.24, 2.45) is 0 Å². The lowest BCUT2D eigenvalue weighted by Crippen LogP contribution is -2.30. The first-order valence-electron chi connectivity index (χ1n) is 4.06. The number of hydrogen-bond acceptors (Lipinski definition) is 4. The quantitative estimate of drug-likeness (QED) is 0.525. The molecule has 0 saturated heterocycles. The molecule has 76 valence electrons. The zero-order valence-electron chi connectivity index (χ0n) is 8.07. The Morgan fingerprint density at radius 2 is 2.23 bits per heavy atom. The molecule has 6 heteroatoms. The van der Waals surface area contributed by atoms with Gasteiger partial charge >= 0.3 is 14.1 Å². The maximum Gasteiger partial charge on any atom is 0.613 e. The zero-order chi connectivity index (χ0) is 10.3. The zero-order valence-corrected chi connectivity index (χ0v) is 8.97. The van der Waals surface area contributed by atoms with Crippen molar-refractivity contribution in [3.05, 3.63) is 0 Å². The molecule has 0 aromatic carbocycles. The molecule has 2 atom stereocenters. The Hall–Kier alpha value is -0.510. The molecule has 0 fully saturated rings. The van der Waals surface area contributed by atoms with Crippen LogP contribution >= 0.6 is 8.18 Å². The van der Waals surface area contributed by atoms with Crippen molar-refractivity contribution in [1.82, 2.24) is 5.09 Å². The van der Waals surface area contributed by atoms with Crippen LogP contribution in [0.1, 0.15) is 20.3 Å². The Morgan fingerprint density at radius 3 is 2.69 bits per heavy atom. The first-order chi connectivity index (χ1) is 6.11. The van der Waals surface area contributed by atoms with Crippen LogP contribution in [0.2, 0.25) is 0 Å². The fraction of sp³-hybridized carbons (Fsp3) is 0.857. The summed E-state index contributed by atoms with van der Waals surface area (Å²) in [5.41, 5.74) is 0. The van der Waals surface area contributed by atoms with Gasteiger partial charge in [-0.1, -0.05) is 12.0 Å². The SMILES string of the molecule is CCCO[P+](=O)NC(C)C(=O)OC. The van der Waals surface area contributed by atoms with E-state index in [0.717, 1.165) is 6.42 Å². The number of esters is 1. The Balaban J connectivity index is 3.71. The van der Waals surface area contributed by atoms with Gasteiger partial charge in [-0.15, -0.1) is 4.52 Å². The summed E-state index contributed by atoms with van der Waals surface area (Å²) < 4.78 is 20.3. The van der Waals surface area contributed by atoms with Gasteiger partial charge in [0.1, 0.15) is 12.6 Å². The van der Waals surface area contributed by atoms with E-state index >= 15 is 0 Å². The molecular weight excluding hydrogens is 193 g/mol. The predicted octanol–water partition coefficient (Wildman–Crippen LogP) is 1.22. The Labute approximate surface area is 78.7 Å². The van der Waals surface area contributed by atoms with Crippen molar-refractivity contribution in [2.45, 2.75) is 26.3 Å². The van der Waals surface area contributed by atoms with Crippen molar-refractivity contribution < 1.29 is 18.6 Å². The third-order valence-corrected chi connectivity index (χ3v) is 2.28. The van der Waals surface area contributed by atoms with Crippen LogP contribution in [0.25, 0.3) is 0 Å². The highest BCUT2D eigenvalue weighted by Crippen LogP contribution is 2.17. The van der Waals surface area contributed by atoms with Crippen molar-refractivity contribution in [2.75, 3.05) is 13.7 Å². The van der Waals surface area contributed by atoms with Crippen LogP contribution in [0.4, 0.5) is 0 Å². The fourth-order valence-corrected chi connectivity index (χ4v) is 1.44. The van der Waals surface area contributed by atoms with E-state index in [9.17, 15) is 9.36 Å². The van der Waals surface area contributed by atoms with E-state index in [-0.39, 0.29) is 0 Å². The Bertz CT molecular complexity index is 185. The second-order valence-electron chi connectivity index (χ2n) is 2.46. The summed E-state index contributed by atoms with van der Waals surface area (Å²) in [6.45, 7) is 3.89. The van der Waals surface area contributed by atoms with E-state index in [1.807, 2.05) is 6.92 Å². The van der Waals surface area contributed by atoms with Crippen LogP contribution in [0.15, 0.2) is 0 Å². The Kier molecular flexibility index (Phi) is 6.68. The molecule has 1 N–H and O–H groups in total. The van der Waals surface area contributed by atoms with Gasteiger partial charge in [-0.25, -0.2) is 0 Å². The lowest BCUT2D eigenvalue weighted by Gasteiger charge is -2.01. The molecular formula is C7H15NO4P+. The molecule has 0 radical (unpaired) electrons. The van der Waals surface area contributed by atoms with E-state index in [1.165, 1.54) is 7.11 Å². The van der Waals surface area contributed by atoms with Gasteiger partial charge in [0, 0.05) is 0 Å². The molecule has 0 aliphatic rings. The smallest absolute Gasteiger partial charge is 0.468 e. The van der Waals surface area contributed by atoms with Crippen molar-refractivity contribution in [1.29, 1.82) is 0 Å². The van der Waals surface area contributed by atoms with Gasteiger partial charge in [0.2, 0.25) is 0 Å². The van der Waals surface area contributed by atoms with Crippen LogP contribution in [-0.4, -0.2) is 25.7 Å². The second kappa shape index (κ2) is 6.95. The van der Waals surface area contributed by atoms with E-state index in [1.54, 1.807) is 6.92 Å². The summed E-state index contributed by atoms with van der Waals surface area (Å²) in [7, 11) is -0.687. The van der Waals surface area contributed by atoms with Crippen LogP contribution in [-0.2, 0) is 18.6 Å². The summed E-state index contributed by atoms with van der Waals surface area (Å²) in [6.07, 6.45) is 0.787. The normalized spacial score (nSPS) is 13.6. The lowest BCUT2D eigenvalue weighted by molar-refractivity contribution is -0.142. The maximum absolute atomic E-state index is 11.0. The number of hydrogen-bond donors (Lipinski definition) is 1. The standard InChI is InChI=1S/C7H15NO4P/c1-4-5-12-13(10)8-6(2)7(9)11-3/h6H,4-5H2,1-3H3,(H,8,10)/q+1. The largest absolute Gasteiger partial charge is 0.613 e. The summed E-state index contributed by atoms with van der Waals surface area (Å²) in [6, 6.07) is -0.606. The number of ether oxygens (including phenoxy) is 1. The second-order valence-corrected chi connectivity index (χ2v) is 3.49. The van der Waals surface area contributed by atoms with Gasteiger partial charge in [-0.05, 0) is 17.9 Å². The third-order valence-electron chi connectivity index (χ3n) is 1.27. The van der Waals surface area contributed by atoms with Gasteiger partial charge in [-0.3, -0.25) is 4.79 Å². The average molecular weight is 208 g/mol. The first kappa shape index (κ1) is 12.5. The number of methoxy groups -OCH3 is 1. The first-order valence-corrected chi connectivity index (χ1v) is 5.23. The van der Waals surface area contributed by atoms with E-state index in [2.05, 4.69) is 9.82 Å². The minimum atomic E-state index is -1.96. The van der Waals surface area contributed by atoms with E-state index < -0.39 is 20.2 Å². The van der Waals surface area contributed by atoms with Gasteiger partial charge in [-0.2, -0.15) is 0 Å². The van der Waals surface area contributed by atoms with Crippen LogP contribution in [0, 0.1) is 0 Å². The summed E-state index contributed by atoms with van der Waals surface area (Å²) in [5.74, 6) is -0.455. The molecule has 0 amide bonds. The van der Waals surface area contributed by atoms with Gasteiger partial charge in [0.05, 0.1) is 7.11 Å². The van der Waals surface area contributed by atoms with Crippen LogP contribution in [0.5, 0.6) is 0 Å². The summed E-state index contributed by atoms with van der Waals surface area (Å²) >= 11 is 0. The molecule has 0 aliphatic carbocycles. The Morgan fingerprint density at radius 1 is 1.62 bits per heavy atom. The molecule has 0 saturated carbocycles. The highest BCUT2D eigenvalue weighted by atomic mass is 31.1. The van der Waals surface area contributed by atoms with Crippen molar-refractivity contribution in [3.63, 3.8) is 0 Å². The average Bonchev–Trinajstić information content (AvgIpc) is 2.13. The molecule has 0 aromatic heterocycles. The highest BCUT2D eigenvalue weighted by molar-refractivity contribution is 7.36. The molecule has 0 rings (SSSR count). The minimum absolute atomic E-state index is 0.413. The van der Waals surface area contributed by atoms with E-state index in [0.29, 0.717) is 6.61 Å². The molecule has 0 bridgehead atoms. The number of rotatable bonds is 6. The molecule has 13 heavy (non-hydrogen) atoms. The topological polar surface area (TPSA) is 64.6 Å². The van der Waals surface area contributed by atoms with Crippen molar-refractivity contribution >= 4 is 14.1 Å². The number of carbonyl (C=O) groups excluding carboxylic acids is 1. The maximum atomic E-state index is 11.0.